The predicted molar refractivity (Wildman–Crippen MR) is 77.7 cm³/mol. The number of aromatic nitrogens is 2. The number of hydrogen-bond donors (Lipinski definition) is 0. The molecule has 0 saturated heterocycles. The van der Waals surface area contributed by atoms with Crippen LogP contribution in [0.15, 0.2) is 28.7 Å². The van der Waals surface area contributed by atoms with Gasteiger partial charge in [-0.15, -0.1) is 0 Å². The summed E-state index contributed by atoms with van der Waals surface area (Å²) < 4.78 is 8.18. The number of nitro groups is 1. The molecule has 1 aromatic carbocycles. The van der Waals surface area contributed by atoms with Crippen LogP contribution >= 0.6 is 15.9 Å². The van der Waals surface area contributed by atoms with Gasteiger partial charge in [0.2, 0.25) is 0 Å². The molecule has 2 aromatic rings. The van der Waals surface area contributed by atoms with E-state index >= 15 is 0 Å². The maximum Gasteiger partial charge on any atom is 0.310 e. The zero-order valence-corrected chi connectivity index (χ0v) is 12.8. The first-order valence-corrected chi connectivity index (χ1v) is 6.90. The van der Waals surface area contributed by atoms with Crippen molar-refractivity contribution in [3.63, 3.8) is 0 Å². The highest BCUT2D eigenvalue weighted by atomic mass is 79.9. The number of hydrogen-bond acceptors (Lipinski definition) is 4. The minimum absolute atomic E-state index is 0.0403. The number of ether oxygens (including phenoxy) is 1. The van der Waals surface area contributed by atoms with Crippen LogP contribution < -0.4 is 4.74 Å². The molecule has 0 radical (unpaired) electrons. The predicted octanol–water partition coefficient (Wildman–Crippen LogP) is 3.23. The normalized spacial score (nSPS) is 10.6. The fourth-order valence-electron chi connectivity index (χ4n) is 1.85. The van der Waals surface area contributed by atoms with Gasteiger partial charge in [-0.2, -0.15) is 5.10 Å². The molecule has 0 atom stereocenters. The van der Waals surface area contributed by atoms with Gasteiger partial charge in [-0.25, -0.2) is 0 Å². The van der Waals surface area contributed by atoms with E-state index in [1.807, 2.05) is 14.0 Å². The van der Waals surface area contributed by atoms with Crippen molar-refractivity contribution in [3.05, 3.63) is 50.2 Å². The van der Waals surface area contributed by atoms with Crippen LogP contribution in [-0.4, -0.2) is 14.7 Å². The Bertz CT molecular complexity index is 640. The van der Waals surface area contributed by atoms with E-state index in [1.54, 1.807) is 22.9 Å². The van der Waals surface area contributed by atoms with Crippen LogP contribution in [0.3, 0.4) is 0 Å². The lowest BCUT2D eigenvalue weighted by atomic mass is 10.3. The van der Waals surface area contributed by atoms with E-state index < -0.39 is 4.92 Å². The standard InChI is InChI=1S/C13H14BrN3O3/c1-3-9-13(14)11(16(2)15-9)8-20-12-7-5-4-6-10(12)17(18)19/h4-7H,3,8H2,1-2H3. The van der Waals surface area contributed by atoms with Crippen LogP contribution in [0.4, 0.5) is 5.69 Å². The average molecular weight is 340 g/mol. The quantitative estimate of drug-likeness (QED) is 0.619. The first-order valence-electron chi connectivity index (χ1n) is 6.11. The molecule has 6 nitrogen and oxygen atoms in total. The van der Waals surface area contributed by atoms with E-state index in [4.69, 9.17) is 4.74 Å². The zero-order valence-electron chi connectivity index (χ0n) is 11.2. The highest BCUT2D eigenvalue weighted by Crippen LogP contribution is 2.28. The van der Waals surface area contributed by atoms with Crippen molar-refractivity contribution >= 4 is 21.6 Å². The maximum absolute atomic E-state index is 10.9. The van der Waals surface area contributed by atoms with Crippen molar-refractivity contribution in [1.29, 1.82) is 0 Å². The largest absolute Gasteiger partial charge is 0.480 e. The van der Waals surface area contributed by atoms with Gasteiger partial charge in [-0.3, -0.25) is 14.8 Å². The van der Waals surface area contributed by atoms with Gasteiger partial charge in [0.1, 0.15) is 6.61 Å². The Morgan fingerprint density at radius 1 is 1.45 bits per heavy atom. The first kappa shape index (κ1) is 14.5. The Labute approximate surface area is 124 Å². The highest BCUT2D eigenvalue weighted by molar-refractivity contribution is 9.10. The van der Waals surface area contributed by atoms with E-state index in [0.29, 0.717) is 0 Å². The molecule has 106 valence electrons. The third kappa shape index (κ3) is 2.82. The summed E-state index contributed by atoms with van der Waals surface area (Å²) in [6.07, 6.45) is 0.805. The second-order valence-electron chi connectivity index (χ2n) is 4.20. The summed E-state index contributed by atoms with van der Waals surface area (Å²) in [6, 6.07) is 6.33. The molecule has 0 aliphatic heterocycles. The van der Waals surface area contributed by atoms with Crippen LogP contribution in [0, 0.1) is 10.1 Å². The maximum atomic E-state index is 10.9. The summed E-state index contributed by atoms with van der Waals surface area (Å²) in [5, 5.41) is 15.3. The van der Waals surface area contributed by atoms with Crippen molar-refractivity contribution in [2.24, 2.45) is 7.05 Å². The smallest absolute Gasteiger partial charge is 0.310 e. The van der Waals surface area contributed by atoms with Crippen LogP contribution in [-0.2, 0) is 20.1 Å². The van der Waals surface area contributed by atoms with Gasteiger partial charge in [-0.05, 0) is 28.4 Å². The summed E-state index contributed by atoms with van der Waals surface area (Å²) in [7, 11) is 1.82. The molecule has 7 heteroatoms. The second-order valence-corrected chi connectivity index (χ2v) is 4.99. The molecule has 0 fully saturated rings. The number of rotatable bonds is 5. The number of aryl methyl sites for hydroxylation is 2. The Balaban J connectivity index is 2.21. The van der Waals surface area contributed by atoms with Crippen LogP contribution in [0.2, 0.25) is 0 Å². The monoisotopic (exact) mass is 339 g/mol. The molecular weight excluding hydrogens is 326 g/mol. The fourth-order valence-corrected chi connectivity index (χ4v) is 2.58. The fraction of sp³-hybridized carbons (Fsp3) is 0.308. The van der Waals surface area contributed by atoms with Crippen molar-refractivity contribution in [1.82, 2.24) is 9.78 Å². The molecule has 0 unspecified atom stereocenters. The van der Waals surface area contributed by atoms with E-state index in [-0.39, 0.29) is 18.0 Å². The lowest BCUT2D eigenvalue weighted by molar-refractivity contribution is -0.385. The molecule has 0 saturated carbocycles. The lowest BCUT2D eigenvalue weighted by Crippen LogP contribution is -2.04. The molecule has 1 aromatic heterocycles. The van der Waals surface area contributed by atoms with Gasteiger partial charge in [0.15, 0.2) is 5.75 Å². The average Bonchev–Trinajstić information content (AvgIpc) is 2.71. The molecule has 1 heterocycles. The molecule has 0 bridgehead atoms. The van der Waals surface area contributed by atoms with Gasteiger partial charge < -0.3 is 4.74 Å². The number of halogens is 1. The van der Waals surface area contributed by atoms with E-state index in [9.17, 15) is 10.1 Å². The number of nitro benzene ring substituents is 1. The molecule has 0 aliphatic carbocycles. The van der Waals surface area contributed by atoms with Crippen molar-refractivity contribution in [2.75, 3.05) is 0 Å². The number of para-hydroxylation sites is 2. The molecule has 2 rings (SSSR count). The third-order valence-electron chi connectivity index (χ3n) is 2.93. The molecule has 0 spiro atoms. The van der Waals surface area contributed by atoms with Gasteiger partial charge in [-0.1, -0.05) is 19.1 Å². The summed E-state index contributed by atoms with van der Waals surface area (Å²) in [5.74, 6) is 0.253. The highest BCUT2D eigenvalue weighted by Gasteiger charge is 2.17. The molecule has 0 N–H and O–H groups in total. The van der Waals surface area contributed by atoms with E-state index in [1.165, 1.54) is 6.07 Å². The van der Waals surface area contributed by atoms with Crippen LogP contribution in [0.25, 0.3) is 0 Å². The lowest BCUT2D eigenvalue weighted by Gasteiger charge is -2.07. The molecule has 0 aliphatic rings. The second kappa shape index (κ2) is 6.04. The topological polar surface area (TPSA) is 70.2 Å². The summed E-state index contributed by atoms with van der Waals surface area (Å²) in [6.45, 7) is 2.23. The van der Waals surface area contributed by atoms with Crippen molar-refractivity contribution in [3.8, 4) is 5.75 Å². The van der Waals surface area contributed by atoms with Crippen molar-refractivity contribution < 1.29 is 9.66 Å². The van der Waals surface area contributed by atoms with Gasteiger partial charge in [0.05, 0.1) is 20.8 Å². The number of benzene rings is 1. The SMILES string of the molecule is CCc1nn(C)c(COc2ccccc2[N+](=O)[O-])c1Br. The Morgan fingerprint density at radius 2 is 2.15 bits per heavy atom. The van der Waals surface area contributed by atoms with Crippen LogP contribution in [0.1, 0.15) is 18.3 Å². The van der Waals surface area contributed by atoms with Gasteiger partial charge in [0, 0.05) is 13.1 Å². The summed E-state index contributed by atoms with van der Waals surface area (Å²) in [5.41, 5.74) is 1.75. The Morgan fingerprint density at radius 3 is 2.75 bits per heavy atom. The van der Waals surface area contributed by atoms with Crippen LogP contribution in [0.5, 0.6) is 5.75 Å². The first-order chi connectivity index (χ1) is 9.54. The van der Waals surface area contributed by atoms with Gasteiger partial charge in [0.25, 0.3) is 0 Å². The Hall–Kier alpha value is -1.89. The Kier molecular flexibility index (Phi) is 4.39. The van der Waals surface area contributed by atoms with E-state index in [0.717, 1.165) is 22.3 Å². The zero-order chi connectivity index (χ0) is 14.7. The summed E-state index contributed by atoms with van der Waals surface area (Å²) in [4.78, 5) is 10.5. The van der Waals surface area contributed by atoms with Crippen molar-refractivity contribution in [2.45, 2.75) is 20.0 Å². The van der Waals surface area contributed by atoms with Gasteiger partial charge >= 0.3 is 5.69 Å². The summed E-state index contributed by atoms with van der Waals surface area (Å²) >= 11 is 3.49. The minimum atomic E-state index is -0.453. The molecular formula is C13H14BrN3O3. The molecule has 0 amide bonds. The number of nitrogens with zero attached hydrogens (tertiary/aromatic N) is 3. The van der Waals surface area contributed by atoms with E-state index in [2.05, 4.69) is 21.0 Å². The molecule has 20 heavy (non-hydrogen) atoms. The third-order valence-corrected chi connectivity index (χ3v) is 3.84. The minimum Gasteiger partial charge on any atom is -0.480 e.